The maximum absolute atomic E-state index is 12.5. The van der Waals surface area contributed by atoms with E-state index in [2.05, 4.69) is 10.6 Å². The number of benzene rings is 1. The molecule has 0 radical (unpaired) electrons. The lowest BCUT2D eigenvalue weighted by molar-refractivity contribution is -0.120. The summed E-state index contributed by atoms with van der Waals surface area (Å²) in [6.07, 6.45) is 3.19. The van der Waals surface area contributed by atoms with Crippen molar-refractivity contribution in [2.24, 2.45) is 0 Å². The molecule has 0 atom stereocenters. The number of rotatable bonds is 7. The Bertz CT molecular complexity index is 608. The van der Waals surface area contributed by atoms with Crippen molar-refractivity contribution >= 4 is 15.9 Å². The number of carbonyl (C=O) groups excluding carboxylic acids is 1. The second kappa shape index (κ2) is 8.42. The Hall–Kier alpha value is -1.44. The summed E-state index contributed by atoms with van der Waals surface area (Å²) < 4.78 is 26.6. The number of amides is 1. The highest BCUT2D eigenvalue weighted by Gasteiger charge is 2.25. The van der Waals surface area contributed by atoms with Gasteiger partial charge in [-0.1, -0.05) is 18.6 Å². The first-order chi connectivity index (χ1) is 11.0. The number of likely N-dealkylation sites (N-methyl/N-ethyl adjacent to an activating group) is 1. The molecule has 7 heteroatoms. The predicted molar refractivity (Wildman–Crippen MR) is 89.7 cm³/mol. The number of nitrogens with one attached hydrogen (secondary N) is 2. The van der Waals surface area contributed by atoms with Crippen molar-refractivity contribution in [3.8, 4) is 0 Å². The van der Waals surface area contributed by atoms with Gasteiger partial charge in [-0.05, 0) is 37.6 Å². The lowest BCUT2D eigenvalue weighted by Crippen LogP contribution is -2.35. The molecule has 0 bridgehead atoms. The van der Waals surface area contributed by atoms with Crippen LogP contribution in [0.5, 0.6) is 0 Å². The van der Waals surface area contributed by atoms with Crippen LogP contribution in [-0.4, -0.2) is 51.9 Å². The van der Waals surface area contributed by atoms with E-state index in [1.54, 1.807) is 28.6 Å². The van der Waals surface area contributed by atoms with E-state index in [9.17, 15) is 13.2 Å². The number of carbonyl (C=O) groups is 1. The Kier molecular flexibility index (Phi) is 6.56. The Balaban J connectivity index is 1.97. The number of nitrogens with zero attached hydrogens (tertiary/aromatic N) is 1. The highest BCUT2D eigenvalue weighted by atomic mass is 32.2. The fraction of sp³-hybridized carbons (Fsp3) is 0.562. The zero-order chi connectivity index (χ0) is 16.7. The van der Waals surface area contributed by atoms with E-state index < -0.39 is 10.0 Å². The maximum Gasteiger partial charge on any atom is 0.243 e. The molecule has 0 unspecified atom stereocenters. The first kappa shape index (κ1) is 17.9. The van der Waals surface area contributed by atoms with Crippen molar-refractivity contribution in [3.05, 3.63) is 29.8 Å². The maximum atomic E-state index is 12.5. The van der Waals surface area contributed by atoms with Gasteiger partial charge in [-0.3, -0.25) is 4.79 Å². The van der Waals surface area contributed by atoms with Gasteiger partial charge in [-0.15, -0.1) is 0 Å². The van der Waals surface area contributed by atoms with E-state index in [-0.39, 0.29) is 12.3 Å². The molecule has 0 aliphatic carbocycles. The Morgan fingerprint density at radius 1 is 1.09 bits per heavy atom. The van der Waals surface area contributed by atoms with Gasteiger partial charge in [0.2, 0.25) is 15.9 Å². The zero-order valence-electron chi connectivity index (χ0n) is 13.5. The van der Waals surface area contributed by atoms with E-state index in [0.717, 1.165) is 31.4 Å². The molecule has 1 heterocycles. The van der Waals surface area contributed by atoms with Gasteiger partial charge in [0, 0.05) is 26.2 Å². The molecule has 128 valence electrons. The van der Waals surface area contributed by atoms with Gasteiger partial charge in [0.1, 0.15) is 0 Å². The first-order valence-electron chi connectivity index (χ1n) is 8.04. The van der Waals surface area contributed by atoms with Crippen LogP contribution in [0.2, 0.25) is 0 Å². The van der Waals surface area contributed by atoms with Crippen molar-refractivity contribution in [1.29, 1.82) is 0 Å². The van der Waals surface area contributed by atoms with Gasteiger partial charge in [-0.2, -0.15) is 4.31 Å². The summed E-state index contributed by atoms with van der Waals surface area (Å²) in [4.78, 5) is 12.1. The van der Waals surface area contributed by atoms with E-state index in [1.165, 1.54) is 0 Å². The molecule has 1 aliphatic heterocycles. The third-order valence-electron chi connectivity index (χ3n) is 3.94. The van der Waals surface area contributed by atoms with Gasteiger partial charge >= 0.3 is 0 Å². The topological polar surface area (TPSA) is 78.5 Å². The molecule has 0 spiro atoms. The van der Waals surface area contributed by atoms with E-state index in [1.807, 2.05) is 7.05 Å². The Morgan fingerprint density at radius 3 is 2.35 bits per heavy atom. The van der Waals surface area contributed by atoms with Crippen LogP contribution in [-0.2, 0) is 21.2 Å². The molecule has 23 heavy (non-hydrogen) atoms. The average molecular weight is 339 g/mol. The largest absolute Gasteiger partial charge is 0.355 e. The standard InChI is InChI=1S/C16H25N3O3S/c1-17-9-10-18-16(20)13-14-5-7-15(8-6-14)23(21,22)19-11-3-2-4-12-19/h5-8,17H,2-4,9-13H2,1H3,(H,18,20). The Morgan fingerprint density at radius 2 is 1.74 bits per heavy atom. The summed E-state index contributed by atoms with van der Waals surface area (Å²) in [6, 6.07) is 6.63. The monoisotopic (exact) mass is 339 g/mol. The molecule has 1 aliphatic rings. The third-order valence-corrected chi connectivity index (χ3v) is 5.85. The van der Waals surface area contributed by atoms with Gasteiger partial charge in [0.25, 0.3) is 0 Å². The van der Waals surface area contributed by atoms with Gasteiger partial charge in [-0.25, -0.2) is 8.42 Å². The number of hydrogen-bond acceptors (Lipinski definition) is 4. The lowest BCUT2D eigenvalue weighted by Gasteiger charge is -2.25. The van der Waals surface area contributed by atoms with Crippen LogP contribution in [0.15, 0.2) is 29.2 Å². The normalized spacial score (nSPS) is 16.2. The summed E-state index contributed by atoms with van der Waals surface area (Å²) in [5.41, 5.74) is 0.810. The van der Waals surface area contributed by atoms with Crippen molar-refractivity contribution in [1.82, 2.24) is 14.9 Å². The highest BCUT2D eigenvalue weighted by Crippen LogP contribution is 2.20. The van der Waals surface area contributed by atoms with Crippen LogP contribution < -0.4 is 10.6 Å². The zero-order valence-corrected chi connectivity index (χ0v) is 14.4. The molecular weight excluding hydrogens is 314 g/mol. The molecule has 1 amide bonds. The highest BCUT2D eigenvalue weighted by molar-refractivity contribution is 7.89. The quantitative estimate of drug-likeness (QED) is 0.718. The van der Waals surface area contributed by atoms with E-state index in [0.29, 0.717) is 24.5 Å². The van der Waals surface area contributed by atoms with Crippen molar-refractivity contribution < 1.29 is 13.2 Å². The van der Waals surface area contributed by atoms with Crippen LogP contribution in [0.1, 0.15) is 24.8 Å². The van der Waals surface area contributed by atoms with Gasteiger partial charge < -0.3 is 10.6 Å². The molecule has 0 aromatic heterocycles. The fourth-order valence-corrected chi connectivity index (χ4v) is 4.13. The minimum absolute atomic E-state index is 0.0631. The second-order valence-electron chi connectivity index (χ2n) is 5.74. The molecule has 2 rings (SSSR count). The minimum Gasteiger partial charge on any atom is -0.355 e. The molecule has 2 N–H and O–H groups in total. The van der Waals surface area contributed by atoms with Crippen molar-refractivity contribution in [3.63, 3.8) is 0 Å². The summed E-state index contributed by atoms with van der Waals surface area (Å²) in [7, 11) is -1.57. The molecule has 1 saturated heterocycles. The number of hydrogen-bond donors (Lipinski definition) is 2. The second-order valence-corrected chi connectivity index (χ2v) is 7.68. The van der Waals surface area contributed by atoms with Crippen LogP contribution in [0.4, 0.5) is 0 Å². The molecule has 1 aromatic carbocycles. The van der Waals surface area contributed by atoms with Crippen LogP contribution in [0, 0.1) is 0 Å². The molecule has 1 fully saturated rings. The summed E-state index contributed by atoms with van der Waals surface area (Å²) >= 11 is 0. The van der Waals surface area contributed by atoms with Gasteiger partial charge in [0.15, 0.2) is 0 Å². The molecular formula is C16H25N3O3S. The van der Waals surface area contributed by atoms with Crippen LogP contribution >= 0.6 is 0 Å². The van der Waals surface area contributed by atoms with Crippen LogP contribution in [0.3, 0.4) is 0 Å². The number of sulfonamides is 1. The lowest BCUT2D eigenvalue weighted by atomic mass is 10.1. The van der Waals surface area contributed by atoms with Crippen molar-refractivity contribution in [2.45, 2.75) is 30.6 Å². The fourth-order valence-electron chi connectivity index (χ4n) is 2.61. The third kappa shape index (κ3) is 5.02. The Labute approximate surface area is 138 Å². The predicted octanol–water partition coefficient (Wildman–Crippen LogP) is 0.739. The minimum atomic E-state index is -3.40. The molecule has 6 nitrogen and oxygen atoms in total. The van der Waals surface area contributed by atoms with Crippen molar-refractivity contribution in [2.75, 3.05) is 33.2 Å². The van der Waals surface area contributed by atoms with E-state index in [4.69, 9.17) is 0 Å². The van der Waals surface area contributed by atoms with Crippen LogP contribution in [0.25, 0.3) is 0 Å². The van der Waals surface area contributed by atoms with Gasteiger partial charge in [0.05, 0.1) is 11.3 Å². The summed E-state index contributed by atoms with van der Waals surface area (Å²) in [5.74, 6) is -0.0631. The SMILES string of the molecule is CNCCNC(=O)Cc1ccc(S(=O)(=O)N2CCCCC2)cc1. The summed E-state index contributed by atoms with van der Waals surface area (Å²) in [6.45, 7) is 2.49. The average Bonchev–Trinajstić information content (AvgIpc) is 2.56. The summed E-state index contributed by atoms with van der Waals surface area (Å²) in [5, 5.41) is 5.76. The molecule has 0 saturated carbocycles. The van der Waals surface area contributed by atoms with E-state index >= 15 is 0 Å². The number of piperidine rings is 1. The first-order valence-corrected chi connectivity index (χ1v) is 9.48. The molecule has 1 aromatic rings. The smallest absolute Gasteiger partial charge is 0.243 e.